The van der Waals surface area contributed by atoms with E-state index in [2.05, 4.69) is 47.4 Å². The Labute approximate surface area is 108 Å². The van der Waals surface area contributed by atoms with Crippen molar-refractivity contribution in [2.75, 3.05) is 6.54 Å². The average molecular weight is 244 g/mol. The van der Waals surface area contributed by atoms with Gasteiger partial charge in [0, 0.05) is 18.4 Å². The van der Waals surface area contributed by atoms with Gasteiger partial charge in [0.15, 0.2) is 0 Å². The van der Waals surface area contributed by atoms with Gasteiger partial charge < -0.3 is 5.32 Å². The maximum Gasteiger partial charge on any atom is 0.0834 e. The summed E-state index contributed by atoms with van der Waals surface area (Å²) in [5.74, 6) is 0. The first-order valence-corrected chi connectivity index (χ1v) is 6.34. The van der Waals surface area contributed by atoms with Gasteiger partial charge in [-0.05, 0) is 38.1 Å². The molecule has 96 valence electrons. The fourth-order valence-corrected chi connectivity index (χ4v) is 1.91. The van der Waals surface area contributed by atoms with Crippen molar-refractivity contribution in [1.82, 2.24) is 20.1 Å². The predicted octanol–water partition coefficient (Wildman–Crippen LogP) is 2.05. The minimum atomic E-state index is 0.737. The first kappa shape index (κ1) is 12.8. The van der Waals surface area contributed by atoms with E-state index in [-0.39, 0.29) is 0 Å². The molecule has 0 unspecified atom stereocenters. The molecule has 0 bridgehead atoms. The summed E-state index contributed by atoms with van der Waals surface area (Å²) in [6.07, 6.45) is 1.93. The molecule has 2 aromatic heterocycles. The zero-order valence-electron chi connectivity index (χ0n) is 11.3. The quantitative estimate of drug-likeness (QED) is 0.875. The first-order valence-electron chi connectivity index (χ1n) is 6.34. The van der Waals surface area contributed by atoms with E-state index < -0.39 is 0 Å². The molecular weight excluding hydrogens is 224 g/mol. The molecule has 2 aromatic rings. The van der Waals surface area contributed by atoms with Gasteiger partial charge in [-0.1, -0.05) is 13.0 Å². The summed E-state index contributed by atoms with van der Waals surface area (Å²) in [7, 11) is 0. The third-order valence-corrected chi connectivity index (χ3v) is 2.88. The summed E-state index contributed by atoms with van der Waals surface area (Å²) in [5.41, 5.74) is 4.48. The highest BCUT2D eigenvalue weighted by atomic mass is 15.3. The Morgan fingerprint density at radius 2 is 2.11 bits per heavy atom. The Hall–Kier alpha value is -1.68. The lowest BCUT2D eigenvalue weighted by atomic mass is 10.2. The van der Waals surface area contributed by atoms with E-state index in [1.807, 2.05) is 17.8 Å². The predicted molar refractivity (Wildman–Crippen MR) is 72.4 cm³/mol. The number of nitrogens with one attached hydrogen (secondary N) is 1. The topological polar surface area (TPSA) is 42.7 Å². The second-order valence-corrected chi connectivity index (χ2v) is 4.52. The Balaban J connectivity index is 2.04. The monoisotopic (exact) mass is 244 g/mol. The minimum absolute atomic E-state index is 0.737. The van der Waals surface area contributed by atoms with Crippen LogP contribution in [0.2, 0.25) is 0 Å². The van der Waals surface area contributed by atoms with E-state index in [0.717, 1.165) is 31.0 Å². The Kier molecular flexibility index (Phi) is 4.10. The molecule has 0 aliphatic carbocycles. The lowest BCUT2D eigenvalue weighted by Crippen LogP contribution is -2.12. The van der Waals surface area contributed by atoms with Crippen molar-refractivity contribution in [2.24, 2.45) is 0 Å². The first-order chi connectivity index (χ1) is 8.69. The Morgan fingerprint density at radius 1 is 1.28 bits per heavy atom. The summed E-state index contributed by atoms with van der Waals surface area (Å²) in [4.78, 5) is 4.48. The standard InChI is InChI=1S/C14H20N4/c1-4-15-8-13-5-6-14(16-9-13)10-18-12(3)7-11(2)17-18/h5-7,9,15H,4,8,10H2,1-3H3. The fourth-order valence-electron chi connectivity index (χ4n) is 1.91. The van der Waals surface area contributed by atoms with Crippen LogP contribution >= 0.6 is 0 Å². The third kappa shape index (κ3) is 3.17. The lowest BCUT2D eigenvalue weighted by molar-refractivity contribution is 0.645. The highest BCUT2D eigenvalue weighted by Gasteiger charge is 2.03. The van der Waals surface area contributed by atoms with Crippen molar-refractivity contribution in [3.63, 3.8) is 0 Å². The van der Waals surface area contributed by atoms with Crippen LogP contribution in [0.3, 0.4) is 0 Å². The molecule has 4 heteroatoms. The highest BCUT2D eigenvalue weighted by Crippen LogP contribution is 2.06. The van der Waals surface area contributed by atoms with Crippen LogP contribution in [0.25, 0.3) is 0 Å². The van der Waals surface area contributed by atoms with Gasteiger partial charge in [-0.2, -0.15) is 5.10 Å². The van der Waals surface area contributed by atoms with Crippen molar-refractivity contribution >= 4 is 0 Å². The molecule has 0 fully saturated rings. The molecule has 0 saturated carbocycles. The maximum atomic E-state index is 4.48. The molecule has 0 aliphatic heterocycles. The van der Waals surface area contributed by atoms with Crippen LogP contribution in [-0.2, 0) is 13.1 Å². The van der Waals surface area contributed by atoms with Crippen molar-refractivity contribution in [1.29, 1.82) is 0 Å². The summed E-state index contributed by atoms with van der Waals surface area (Å²) in [6.45, 7) is 8.78. The molecule has 0 aromatic carbocycles. The normalized spacial score (nSPS) is 10.8. The van der Waals surface area contributed by atoms with Crippen LogP contribution in [0.4, 0.5) is 0 Å². The number of pyridine rings is 1. The summed E-state index contributed by atoms with van der Waals surface area (Å²) in [6, 6.07) is 6.28. The van der Waals surface area contributed by atoms with Crippen LogP contribution in [0.1, 0.15) is 29.6 Å². The van der Waals surface area contributed by atoms with E-state index in [1.54, 1.807) is 0 Å². The molecule has 0 spiro atoms. The molecule has 0 aliphatic rings. The Morgan fingerprint density at radius 3 is 2.67 bits per heavy atom. The zero-order chi connectivity index (χ0) is 13.0. The van der Waals surface area contributed by atoms with Crippen LogP contribution in [-0.4, -0.2) is 21.3 Å². The summed E-state index contributed by atoms with van der Waals surface area (Å²) >= 11 is 0. The van der Waals surface area contributed by atoms with Gasteiger partial charge in [0.1, 0.15) is 0 Å². The van der Waals surface area contributed by atoms with Gasteiger partial charge in [0.2, 0.25) is 0 Å². The molecular formula is C14H20N4. The van der Waals surface area contributed by atoms with Crippen LogP contribution in [0.15, 0.2) is 24.4 Å². The molecule has 1 N–H and O–H groups in total. The van der Waals surface area contributed by atoms with Crippen molar-refractivity contribution < 1.29 is 0 Å². The number of aromatic nitrogens is 3. The molecule has 0 amide bonds. The van der Waals surface area contributed by atoms with E-state index in [0.29, 0.717) is 0 Å². The van der Waals surface area contributed by atoms with E-state index in [1.165, 1.54) is 11.3 Å². The Bertz CT molecular complexity index is 499. The molecule has 4 nitrogen and oxygen atoms in total. The molecule has 0 saturated heterocycles. The zero-order valence-corrected chi connectivity index (χ0v) is 11.3. The van der Waals surface area contributed by atoms with E-state index in [9.17, 15) is 0 Å². The van der Waals surface area contributed by atoms with E-state index >= 15 is 0 Å². The molecule has 18 heavy (non-hydrogen) atoms. The number of hydrogen-bond donors (Lipinski definition) is 1. The summed E-state index contributed by atoms with van der Waals surface area (Å²) in [5, 5.41) is 7.73. The fraction of sp³-hybridized carbons (Fsp3) is 0.429. The SMILES string of the molecule is CCNCc1ccc(Cn2nc(C)cc2C)nc1. The third-order valence-electron chi connectivity index (χ3n) is 2.88. The van der Waals surface area contributed by atoms with Gasteiger partial charge in [0.05, 0.1) is 17.9 Å². The van der Waals surface area contributed by atoms with Gasteiger partial charge in [-0.25, -0.2) is 0 Å². The number of rotatable bonds is 5. The molecule has 0 atom stereocenters. The lowest BCUT2D eigenvalue weighted by Gasteiger charge is -2.06. The van der Waals surface area contributed by atoms with E-state index in [4.69, 9.17) is 0 Å². The molecule has 0 radical (unpaired) electrons. The highest BCUT2D eigenvalue weighted by molar-refractivity contribution is 5.15. The van der Waals surface area contributed by atoms with Crippen LogP contribution in [0, 0.1) is 13.8 Å². The minimum Gasteiger partial charge on any atom is -0.313 e. The van der Waals surface area contributed by atoms with Gasteiger partial charge in [-0.3, -0.25) is 9.67 Å². The number of aryl methyl sites for hydroxylation is 2. The number of hydrogen-bond acceptors (Lipinski definition) is 3. The second kappa shape index (κ2) is 5.78. The van der Waals surface area contributed by atoms with Gasteiger partial charge >= 0.3 is 0 Å². The van der Waals surface area contributed by atoms with Gasteiger partial charge in [-0.15, -0.1) is 0 Å². The maximum absolute atomic E-state index is 4.48. The van der Waals surface area contributed by atoms with Crippen LogP contribution in [0.5, 0.6) is 0 Å². The largest absolute Gasteiger partial charge is 0.313 e. The van der Waals surface area contributed by atoms with Crippen molar-refractivity contribution in [3.8, 4) is 0 Å². The average Bonchev–Trinajstić information content (AvgIpc) is 2.67. The smallest absolute Gasteiger partial charge is 0.0834 e. The molecule has 2 rings (SSSR count). The second-order valence-electron chi connectivity index (χ2n) is 4.52. The molecule has 2 heterocycles. The van der Waals surface area contributed by atoms with Crippen LogP contribution < -0.4 is 5.32 Å². The summed E-state index contributed by atoms with van der Waals surface area (Å²) < 4.78 is 1.99. The van der Waals surface area contributed by atoms with Gasteiger partial charge in [0.25, 0.3) is 0 Å². The van der Waals surface area contributed by atoms with Crippen molar-refractivity contribution in [2.45, 2.75) is 33.9 Å². The number of nitrogens with zero attached hydrogens (tertiary/aromatic N) is 3. The van der Waals surface area contributed by atoms with Crippen molar-refractivity contribution in [3.05, 3.63) is 47.0 Å².